The predicted molar refractivity (Wildman–Crippen MR) is 126 cm³/mol. The smallest absolute Gasteiger partial charge is 0.277 e. The van der Waals surface area contributed by atoms with Crippen LogP contribution in [0.4, 0.5) is 0 Å². The highest BCUT2D eigenvalue weighted by atomic mass is 16.5. The van der Waals surface area contributed by atoms with Gasteiger partial charge >= 0.3 is 0 Å². The Morgan fingerprint density at radius 1 is 0.938 bits per heavy atom. The summed E-state index contributed by atoms with van der Waals surface area (Å²) in [6.45, 7) is 2.52. The fourth-order valence-corrected chi connectivity index (χ4v) is 2.99. The third-order valence-electron chi connectivity index (χ3n) is 4.78. The van der Waals surface area contributed by atoms with Gasteiger partial charge in [0.2, 0.25) is 0 Å². The standard InChI is InChI=1S/C26H28N2O4/c1-3-20-9-12-23(13-10-20)32-19-26(29)28-27-18-22-11-14-24(25(17-22)30-2)31-16-15-21-7-5-4-6-8-21/h4-14,17-18H,3,15-16,19H2,1-2H3,(H,28,29)/b27-18+. The molecule has 0 saturated carbocycles. The molecule has 0 aliphatic carbocycles. The van der Waals surface area contributed by atoms with Crippen LogP contribution in [-0.4, -0.2) is 32.4 Å². The minimum Gasteiger partial charge on any atom is -0.493 e. The van der Waals surface area contributed by atoms with E-state index in [2.05, 4.69) is 29.6 Å². The third-order valence-corrected chi connectivity index (χ3v) is 4.78. The number of amides is 1. The number of aryl methyl sites for hydroxylation is 1. The molecular weight excluding hydrogens is 404 g/mol. The molecule has 0 unspecified atom stereocenters. The summed E-state index contributed by atoms with van der Waals surface area (Å²) >= 11 is 0. The summed E-state index contributed by atoms with van der Waals surface area (Å²) in [5, 5.41) is 3.99. The number of ether oxygens (including phenoxy) is 3. The molecule has 0 aliphatic heterocycles. The van der Waals surface area contributed by atoms with Crippen molar-refractivity contribution in [3.63, 3.8) is 0 Å². The van der Waals surface area contributed by atoms with Crippen molar-refractivity contribution < 1.29 is 19.0 Å². The number of carbonyl (C=O) groups is 1. The summed E-state index contributed by atoms with van der Waals surface area (Å²) < 4.78 is 16.8. The van der Waals surface area contributed by atoms with Crippen LogP contribution in [0.15, 0.2) is 77.9 Å². The van der Waals surface area contributed by atoms with Crippen molar-refractivity contribution >= 4 is 12.1 Å². The van der Waals surface area contributed by atoms with Crippen LogP contribution < -0.4 is 19.6 Å². The summed E-state index contributed by atoms with van der Waals surface area (Å²) in [5.41, 5.74) is 5.67. The van der Waals surface area contributed by atoms with Crippen LogP contribution in [0.1, 0.15) is 23.6 Å². The van der Waals surface area contributed by atoms with E-state index in [4.69, 9.17) is 14.2 Å². The van der Waals surface area contributed by atoms with E-state index in [1.54, 1.807) is 19.4 Å². The van der Waals surface area contributed by atoms with Gasteiger partial charge in [-0.15, -0.1) is 0 Å². The molecule has 6 nitrogen and oxygen atoms in total. The molecule has 0 fully saturated rings. The summed E-state index contributed by atoms with van der Waals surface area (Å²) in [6.07, 6.45) is 3.31. The molecule has 1 N–H and O–H groups in total. The van der Waals surface area contributed by atoms with Crippen LogP contribution in [0.5, 0.6) is 17.2 Å². The fourth-order valence-electron chi connectivity index (χ4n) is 2.99. The SMILES string of the molecule is CCc1ccc(OCC(=O)N/N=C/c2ccc(OCCc3ccccc3)c(OC)c2)cc1. The molecule has 0 radical (unpaired) electrons. The average molecular weight is 433 g/mol. The monoisotopic (exact) mass is 432 g/mol. The number of rotatable bonds is 11. The van der Waals surface area contributed by atoms with Gasteiger partial charge in [-0.3, -0.25) is 4.79 Å². The summed E-state index contributed by atoms with van der Waals surface area (Å²) in [4.78, 5) is 11.9. The number of nitrogens with zero attached hydrogens (tertiary/aromatic N) is 1. The van der Waals surface area contributed by atoms with E-state index in [9.17, 15) is 4.79 Å². The second kappa shape index (κ2) is 12.2. The van der Waals surface area contributed by atoms with Crippen LogP contribution in [0.25, 0.3) is 0 Å². The van der Waals surface area contributed by atoms with Gasteiger partial charge in [0.05, 0.1) is 19.9 Å². The predicted octanol–water partition coefficient (Wildman–Crippen LogP) is 4.41. The van der Waals surface area contributed by atoms with E-state index in [-0.39, 0.29) is 12.5 Å². The number of methoxy groups -OCH3 is 1. The lowest BCUT2D eigenvalue weighted by Gasteiger charge is -2.11. The van der Waals surface area contributed by atoms with Crippen LogP contribution in [-0.2, 0) is 17.6 Å². The van der Waals surface area contributed by atoms with Gasteiger partial charge < -0.3 is 14.2 Å². The molecule has 0 aliphatic rings. The largest absolute Gasteiger partial charge is 0.493 e. The van der Waals surface area contributed by atoms with Crippen molar-refractivity contribution in [3.8, 4) is 17.2 Å². The number of nitrogens with one attached hydrogen (secondary N) is 1. The quantitative estimate of drug-likeness (QED) is 0.360. The highest BCUT2D eigenvalue weighted by molar-refractivity contribution is 5.83. The van der Waals surface area contributed by atoms with E-state index in [0.29, 0.717) is 23.9 Å². The second-order valence-corrected chi connectivity index (χ2v) is 7.07. The Hall–Kier alpha value is -3.80. The summed E-state index contributed by atoms with van der Waals surface area (Å²) in [5.74, 6) is 1.57. The molecule has 0 atom stereocenters. The van der Waals surface area contributed by atoms with E-state index in [1.165, 1.54) is 11.1 Å². The van der Waals surface area contributed by atoms with Crippen molar-refractivity contribution in [3.05, 3.63) is 89.5 Å². The van der Waals surface area contributed by atoms with Gasteiger partial charge in [0.25, 0.3) is 5.91 Å². The second-order valence-electron chi connectivity index (χ2n) is 7.07. The molecule has 0 heterocycles. The normalized spacial score (nSPS) is 10.7. The molecule has 3 rings (SSSR count). The third kappa shape index (κ3) is 7.16. The van der Waals surface area contributed by atoms with Gasteiger partial charge in [0.1, 0.15) is 5.75 Å². The van der Waals surface area contributed by atoms with Crippen LogP contribution in [0, 0.1) is 0 Å². The first-order valence-electron chi connectivity index (χ1n) is 10.6. The molecule has 3 aromatic carbocycles. The first-order chi connectivity index (χ1) is 15.7. The molecule has 6 heteroatoms. The van der Waals surface area contributed by atoms with Crippen molar-refractivity contribution in [2.24, 2.45) is 5.10 Å². The molecule has 0 saturated heterocycles. The summed E-state index contributed by atoms with van der Waals surface area (Å²) in [7, 11) is 1.59. The van der Waals surface area contributed by atoms with E-state index in [0.717, 1.165) is 18.4 Å². The van der Waals surface area contributed by atoms with Crippen molar-refractivity contribution in [1.82, 2.24) is 5.43 Å². The number of hydrazone groups is 1. The molecule has 0 aromatic heterocycles. The zero-order valence-electron chi connectivity index (χ0n) is 18.4. The van der Waals surface area contributed by atoms with Crippen LogP contribution in [0.3, 0.4) is 0 Å². The van der Waals surface area contributed by atoms with Gasteiger partial charge in [-0.05, 0) is 53.4 Å². The summed E-state index contributed by atoms with van der Waals surface area (Å²) in [6, 6.07) is 23.3. The topological polar surface area (TPSA) is 69.2 Å². The van der Waals surface area contributed by atoms with E-state index >= 15 is 0 Å². The Kier molecular flexibility index (Phi) is 8.69. The Morgan fingerprint density at radius 2 is 1.72 bits per heavy atom. The fraction of sp³-hybridized carbons (Fsp3) is 0.231. The Balaban J connectivity index is 1.46. The lowest BCUT2D eigenvalue weighted by atomic mass is 10.2. The Labute approximate surface area is 188 Å². The van der Waals surface area contributed by atoms with Gasteiger partial charge in [-0.25, -0.2) is 5.43 Å². The highest BCUT2D eigenvalue weighted by Crippen LogP contribution is 2.27. The lowest BCUT2D eigenvalue weighted by Crippen LogP contribution is -2.24. The van der Waals surface area contributed by atoms with Gasteiger partial charge in [-0.2, -0.15) is 5.10 Å². The highest BCUT2D eigenvalue weighted by Gasteiger charge is 2.06. The Morgan fingerprint density at radius 3 is 2.44 bits per heavy atom. The molecule has 166 valence electrons. The number of hydrogen-bond acceptors (Lipinski definition) is 5. The lowest BCUT2D eigenvalue weighted by molar-refractivity contribution is -0.123. The number of benzene rings is 3. The minimum absolute atomic E-state index is 0.111. The number of hydrogen-bond donors (Lipinski definition) is 1. The van der Waals surface area contributed by atoms with Gasteiger partial charge in [0.15, 0.2) is 18.1 Å². The minimum atomic E-state index is -0.339. The zero-order valence-corrected chi connectivity index (χ0v) is 18.4. The van der Waals surface area contributed by atoms with Crippen molar-refractivity contribution in [1.29, 1.82) is 0 Å². The van der Waals surface area contributed by atoms with Gasteiger partial charge in [0, 0.05) is 6.42 Å². The van der Waals surface area contributed by atoms with Crippen molar-refractivity contribution in [2.45, 2.75) is 19.8 Å². The first kappa shape index (κ1) is 22.9. The maximum absolute atomic E-state index is 11.9. The molecule has 1 amide bonds. The molecular formula is C26H28N2O4. The van der Waals surface area contributed by atoms with Crippen LogP contribution in [0.2, 0.25) is 0 Å². The first-order valence-corrected chi connectivity index (χ1v) is 10.6. The van der Waals surface area contributed by atoms with E-state index < -0.39 is 0 Å². The van der Waals surface area contributed by atoms with E-state index in [1.807, 2.05) is 54.6 Å². The zero-order chi connectivity index (χ0) is 22.6. The maximum Gasteiger partial charge on any atom is 0.277 e. The molecule has 0 spiro atoms. The molecule has 3 aromatic rings. The number of carbonyl (C=O) groups excluding carboxylic acids is 1. The molecule has 32 heavy (non-hydrogen) atoms. The van der Waals surface area contributed by atoms with Gasteiger partial charge in [-0.1, -0.05) is 49.4 Å². The maximum atomic E-state index is 11.9. The van der Waals surface area contributed by atoms with Crippen molar-refractivity contribution in [2.75, 3.05) is 20.3 Å². The average Bonchev–Trinajstić information content (AvgIpc) is 2.84. The Bertz CT molecular complexity index is 1020. The van der Waals surface area contributed by atoms with Crippen LogP contribution >= 0.6 is 0 Å². The molecule has 0 bridgehead atoms.